The maximum atomic E-state index is 11.6. The molecule has 0 aliphatic heterocycles. The Morgan fingerprint density at radius 1 is 1.28 bits per heavy atom. The van der Waals surface area contributed by atoms with Crippen LogP contribution in [0.25, 0.3) is 0 Å². The van der Waals surface area contributed by atoms with E-state index in [4.69, 9.17) is 9.15 Å². The van der Waals surface area contributed by atoms with E-state index < -0.39 is 0 Å². The first-order valence-corrected chi connectivity index (χ1v) is 7.17. The first-order valence-electron chi connectivity index (χ1n) is 5.02. The van der Waals surface area contributed by atoms with E-state index in [2.05, 4.69) is 10.2 Å². The lowest BCUT2D eigenvalue weighted by Gasteiger charge is -2.04. The summed E-state index contributed by atoms with van der Waals surface area (Å²) < 4.78 is 9.96. The molecule has 0 aliphatic rings. The summed E-state index contributed by atoms with van der Waals surface area (Å²) in [5.41, 5.74) is 0.522. The average Bonchev–Trinajstić information content (AvgIpc) is 2.81. The SMILES string of the molecule is COC(=O)c1ccccc1SSc1nnc(C)o1. The summed E-state index contributed by atoms with van der Waals surface area (Å²) >= 11 is 0. The summed E-state index contributed by atoms with van der Waals surface area (Å²) in [6.07, 6.45) is 0. The van der Waals surface area contributed by atoms with Gasteiger partial charge in [-0.3, -0.25) is 0 Å². The van der Waals surface area contributed by atoms with Crippen LogP contribution in [-0.4, -0.2) is 23.3 Å². The molecule has 0 amide bonds. The maximum Gasteiger partial charge on any atom is 0.339 e. The van der Waals surface area contributed by atoms with Gasteiger partial charge in [-0.15, -0.1) is 10.2 Å². The van der Waals surface area contributed by atoms with Crippen molar-refractivity contribution in [3.63, 3.8) is 0 Å². The molecule has 0 saturated heterocycles. The van der Waals surface area contributed by atoms with E-state index in [-0.39, 0.29) is 5.97 Å². The summed E-state index contributed by atoms with van der Waals surface area (Å²) in [5, 5.41) is 8.05. The zero-order valence-electron chi connectivity index (χ0n) is 9.75. The maximum absolute atomic E-state index is 11.6. The van der Waals surface area contributed by atoms with Crippen LogP contribution < -0.4 is 0 Å². The van der Waals surface area contributed by atoms with Crippen molar-refractivity contribution < 1.29 is 13.9 Å². The number of ether oxygens (including phenoxy) is 1. The van der Waals surface area contributed by atoms with E-state index in [0.717, 1.165) is 4.90 Å². The largest absolute Gasteiger partial charge is 0.465 e. The Morgan fingerprint density at radius 3 is 2.72 bits per heavy atom. The fourth-order valence-electron chi connectivity index (χ4n) is 1.21. The molecule has 0 radical (unpaired) electrons. The minimum absolute atomic E-state index is 0.361. The molecule has 0 aliphatic carbocycles. The van der Waals surface area contributed by atoms with Gasteiger partial charge in [0.15, 0.2) is 0 Å². The van der Waals surface area contributed by atoms with Crippen molar-refractivity contribution in [3.8, 4) is 0 Å². The molecule has 5 nitrogen and oxygen atoms in total. The number of aromatic nitrogens is 2. The van der Waals surface area contributed by atoms with Crippen LogP contribution in [-0.2, 0) is 4.74 Å². The molecule has 0 saturated carbocycles. The lowest BCUT2D eigenvalue weighted by molar-refractivity contribution is 0.0597. The van der Waals surface area contributed by atoms with Crippen LogP contribution in [0.2, 0.25) is 0 Å². The van der Waals surface area contributed by atoms with Gasteiger partial charge in [0.05, 0.1) is 12.7 Å². The van der Waals surface area contributed by atoms with E-state index in [0.29, 0.717) is 16.7 Å². The lowest BCUT2D eigenvalue weighted by Crippen LogP contribution is -2.02. The van der Waals surface area contributed by atoms with Crippen molar-refractivity contribution in [2.24, 2.45) is 0 Å². The third-order valence-corrected chi connectivity index (χ3v) is 4.15. The number of nitrogens with zero attached hydrogens (tertiary/aromatic N) is 2. The molecular formula is C11H10N2O3S2. The van der Waals surface area contributed by atoms with Crippen molar-refractivity contribution >= 4 is 27.6 Å². The van der Waals surface area contributed by atoms with E-state index in [1.54, 1.807) is 19.1 Å². The highest BCUT2D eigenvalue weighted by Gasteiger charge is 2.13. The Bertz CT molecular complexity index is 557. The second kappa shape index (κ2) is 5.92. The first kappa shape index (κ1) is 13.0. The lowest BCUT2D eigenvalue weighted by atomic mass is 10.2. The van der Waals surface area contributed by atoms with Crippen LogP contribution in [0.5, 0.6) is 0 Å². The monoisotopic (exact) mass is 282 g/mol. The Hall–Kier alpha value is -1.47. The molecule has 2 aromatic rings. The smallest absolute Gasteiger partial charge is 0.339 e. The van der Waals surface area contributed by atoms with Gasteiger partial charge in [-0.1, -0.05) is 12.1 Å². The quantitative estimate of drug-likeness (QED) is 0.631. The van der Waals surface area contributed by atoms with E-state index in [1.807, 2.05) is 12.1 Å². The first-order chi connectivity index (χ1) is 8.70. The highest BCUT2D eigenvalue weighted by molar-refractivity contribution is 8.76. The minimum atomic E-state index is -0.361. The summed E-state index contributed by atoms with van der Waals surface area (Å²) in [7, 11) is 4.04. The number of benzene rings is 1. The van der Waals surface area contributed by atoms with Gasteiger partial charge >= 0.3 is 5.97 Å². The van der Waals surface area contributed by atoms with Gasteiger partial charge in [-0.05, 0) is 22.9 Å². The number of hydrogen-bond donors (Lipinski definition) is 0. The molecular weight excluding hydrogens is 272 g/mol. The number of carbonyl (C=O) groups is 1. The highest BCUT2D eigenvalue weighted by Crippen LogP contribution is 2.38. The number of hydrogen-bond acceptors (Lipinski definition) is 7. The number of rotatable bonds is 4. The fraction of sp³-hybridized carbons (Fsp3) is 0.182. The highest BCUT2D eigenvalue weighted by atomic mass is 33.1. The number of carbonyl (C=O) groups excluding carboxylic acids is 1. The van der Waals surface area contributed by atoms with Gasteiger partial charge in [0, 0.05) is 22.6 Å². The van der Waals surface area contributed by atoms with Crippen LogP contribution in [0.1, 0.15) is 16.2 Å². The summed E-state index contributed by atoms with van der Waals surface area (Å²) in [5.74, 6) is 0.153. The van der Waals surface area contributed by atoms with Crippen molar-refractivity contribution in [1.29, 1.82) is 0 Å². The van der Waals surface area contributed by atoms with Crippen LogP contribution in [0.15, 0.2) is 38.8 Å². The van der Waals surface area contributed by atoms with E-state index >= 15 is 0 Å². The molecule has 1 aromatic heterocycles. The minimum Gasteiger partial charge on any atom is -0.465 e. The third-order valence-electron chi connectivity index (χ3n) is 2.00. The summed E-state index contributed by atoms with van der Waals surface area (Å²) in [4.78, 5) is 12.3. The van der Waals surface area contributed by atoms with Crippen LogP contribution >= 0.6 is 21.6 Å². The Balaban J connectivity index is 2.11. The number of aryl methyl sites for hydroxylation is 1. The normalized spacial score (nSPS) is 10.3. The molecule has 0 fully saturated rings. The van der Waals surface area contributed by atoms with Gasteiger partial charge in [0.2, 0.25) is 5.89 Å². The molecule has 0 unspecified atom stereocenters. The van der Waals surface area contributed by atoms with Gasteiger partial charge in [0.1, 0.15) is 0 Å². The van der Waals surface area contributed by atoms with Gasteiger partial charge < -0.3 is 9.15 Å². The molecule has 18 heavy (non-hydrogen) atoms. The molecule has 7 heteroatoms. The Kier molecular flexibility index (Phi) is 4.27. The van der Waals surface area contributed by atoms with Crippen LogP contribution in [0.3, 0.4) is 0 Å². The predicted octanol–water partition coefficient (Wildman–Crippen LogP) is 2.96. The summed E-state index contributed by atoms with van der Waals surface area (Å²) in [6, 6.07) is 7.20. The average molecular weight is 282 g/mol. The second-order valence-electron chi connectivity index (χ2n) is 3.24. The molecule has 1 aromatic carbocycles. The number of esters is 1. The molecule has 0 bridgehead atoms. The molecule has 94 valence electrons. The fourth-order valence-corrected chi connectivity index (χ4v) is 3.10. The van der Waals surface area contributed by atoms with Crippen molar-refractivity contribution in [3.05, 3.63) is 35.7 Å². The Labute approximate surface area is 112 Å². The van der Waals surface area contributed by atoms with E-state index in [9.17, 15) is 4.79 Å². The van der Waals surface area contributed by atoms with E-state index in [1.165, 1.54) is 28.7 Å². The van der Waals surface area contributed by atoms with Gasteiger partial charge in [-0.2, -0.15) is 0 Å². The zero-order valence-corrected chi connectivity index (χ0v) is 11.4. The summed E-state index contributed by atoms with van der Waals surface area (Å²) in [6.45, 7) is 1.73. The van der Waals surface area contributed by atoms with Crippen LogP contribution in [0, 0.1) is 6.92 Å². The molecule has 0 atom stereocenters. The standard InChI is InChI=1S/C11H10N2O3S2/c1-7-12-13-11(16-7)18-17-9-6-4-3-5-8(9)10(14)15-2/h3-6H,1-2H3. The molecule has 0 spiro atoms. The van der Waals surface area contributed by atoms with Crippen molar-refractivity contribution in [1.82, 2.24) is 10.2 Å². The second-order valence-corrected chi connectivity index (χ2v) is 5.36. The molecule has 0 N–H and O–H groups in total. The predicted molar refractivity (Wildman–Crippen MR) is 68.5 cm³/mol. The van der Waals surface area contributed by atoms with Crippen LogP contribution in [0.4, 0.5) is 0 Å². The third kappa shape index (κ3) is 3.05. The topological polar surface area (TPSA) is 65.2 Å². The Morgan fingerprint density at radius 2 is 2.06 bits per heavy atom. The zero-order chi connectivity index (χ0) is 13.0. The van der Waals surface area contributed by atoms with Crippen molar-refractivity contribution in [2.75, 3.05) is 7.11 Å². The molecule has 2 rings (SSSR count). The number of methoxy groups -OCH3 is 1. The molecule has 1 heterocycles. The van der Waals surface area contributed by atoms with Gasteiger partial charge in [0.25, 0.3) is 5.22 Å². The van der Waals surface area contributed by atoms with Gasteiger partial charge in [-0.25, -0.2) is 4.79 Å². The van der Waals surface area contributed by atoms with Crippen molar-refractivity contribution in [2.45, 2.75) is 17.0 Å².